The Kier molecular flexibility index (Phi) is 7.74. The Bertz CT molecular complexity index is 808. The normalized spacial score (nSPS) is 20.4. The molecule has 0 bridgehead atoms. The van der Waals surface area contributed by atoms with Crippen molar-refractivity contribution in [3.8, 4) is 0 Å². The number of rotatable bonds is 7. The van der Waals surface area contributed by atoms with E-state index in [1.165, 1.54) is 22.3 Å². The lowest BCUT2D eigenvalue weighted by molar-refractivity contribution is -0.109. The lowest BCUT2D eigenvalue weighted by atomic mass is 9.78. The lowest BCUT2D eigenvalue weighted by Gasteiger charge is -2.27. The Morgan fingerprint density at radius 3 is 1.83 bits per heavy atom. The summed E-state index contributed by atoms with van der Waals surface area (Å²) in [7, 11) is 0. The highest BCUT2D eigenvalue weighted by Gasteiger charge is 2.35. The van der Waals surface area contributed by atoms with E-state index in [0.29, 0.717) is 18.8 Å². The van der Waals surface area contributed by atoms with Gasteiger partial charge in [-0.1, -0.05) is 54.1 Å². The third-order valence-electron chi connectivity index (χ3n) is 6.18. The zero-order chi connectivity index (χ0) is 21.6. The molecule has 0 spiro atoms. The summed E-state index contributed by atoms with van der Waals surface area (Å²) >= 11 is 0. The molecule has 162 valence electrons. The summed E-state index contributed by atoms with van der Waals surface area (Å²) in [6.07, 6.45) is 3.22. The van der Waals surface area contributed by atoms with E-state index in [2.05, 4.69) is 55.5 Å². The molecule has 0 radical (unpaired) electrons. The van der Waals surface area contributed by atoms with Gasteiger partial charge in [-0.25, -0.2) is 4.39 Å². The van der Waals surface area contributed by atoms with Crippen LogP contribution in [0.2, 0.25) is 0 Å². The molecule has 2 aromatic carbocycles. The van der Waals surface area contributed by atoms with Gasteiger partial charge in [-0.15, -0.1) is 0 Å². The number of allylic oxidation sites excluding steroid dienone is 2. The second kappa shape index (κ2) is 10.3. The molecular weight excluding hydrogens is 388 g/mol. The molecule has 0 amide bonds. The molecule has 1 fully saturated rings. The van der Waals surface area contributed by atoms with Gasteiger partial charge in [0.25, 0.3) is 0 Å². The van der Waals surface area contributed by atoms with Crippen molar-refractivity contribution in [1.29, 1.82) is 0 Å². The third-order valence-corrected chi connectivity index (χ3v) is 6.18. The van der Waals surface area contributed by atoms with Crippen molar-refractivity contribution in [3.05, 3.63) is 82.7 Å². The number of benzene rings is 2. The van der Waals surface area contributed by atoms with E-state index in [1.807, 2.05) is 0 Å². The molecule has 1 aliphatic rings. The average molecular weight is 419 g/mol. The average Bonchev–Trinajstić information content (AvgIpc) is 2.73. The second-order valence-corrected chi connectivity index (χ2v) is 8.56. The first kappa shape index (κ1) is 22.6. The van der Waals surface area contributed by atoms with Crippen molar-refractivity contribution >= 4 is 0 Å². The van der Waals surface area contributed by atoms with Gasteiger partial charge < -0.3 is 0 Å². The fourth-order valence-electron chi connectivity index (χ4n) is 4.29. The molecule has 0 N–H and O–H groups in total. The van der Waals surface area contributed by atoms with E-state index < -0.39 is 12.0 Å². The van der Waals surface area contributed by atoms with Crippen molar-refractivity contribution in [1.82, 2.24) is 0 Å². The van der Waals surface area contributed by atoms with Crippen molar-refractivity contribution in [2.45, 2.75) is 70.4 Å². The van der Waals surface area contributed by atoms with Crippen molar-refractivity contribution in [2.75, 3.05) is 0 Å². The molecule has 0 nitrogen and oxygen atoms in total. The van der Waals surface area contributed by atoms with Gasteiger partial charge in [0.2, 0.25) is 0 Å². The molecule has 0 aliphatic heterocycles. The van der Waals surface area contributed by atoms with Gasteiger partial charge in [0.1, 0.15) is 0 Å². The third kappa shape index (κ3) is 6.72. The van der Waals surface area contributed by atoms with Gasteiger partial charge in [-0.05, 0) is 92.9 Å². The standard InChI is InChI=1S/C26H30F4/c1-19-6-8-20(9-7-19)4-2-3-5-21-10-14-23(15-11-21)24-16-12-22(13-17-24)18-25(27)26(28,29)30/h6-11,14-15,18,22,24H,2-5,12-13,16-17H2,1H3. The first-order chi connectivity index (χ1) is 14.3. The highest BCUT2D eigenvalue weighted by molar-refractivity contribution is 5.26. The molecule has 1 saturated carbocycles. The van der Waals surface area contributed by atoms with Crippen molar-refractivity contribution in [3.63, 3.8) is 0 Å². The summed E-state index contributed by atoms with van der Waals surface area (Å²) in [4.78, 5) is 0. The quantitative estimate of drug-likeness (QED) is 0.314. The topological polar surface area (TPSA) is 0 Å². The van der Waals surface area contributed by atoms with E-state index in [9.17, 15) is 17.6 Å². The molecule has 0 atom stereocenters. The van der Waals surface area contributed by atoms with Crippen LogP contribution in [0.4, 0.5) is 17.6 Å². The van der Waals surface area contributed by atoms with Gasteiger partial charge in [0, 0.05) is 0 Å². The molecule has 0 saturated heterocycles. The summed E-state index contributed by atoms with van der Waals surface area (Å²) < 4.78 is 50.2. The van der Waals surface area contributed by atoms with Gasteiger partial charge in [-0.3, -0.25) is 0 Å². The maximum absolute atomic E-state index is 13.1. The molecule has 0 unspecified atom stereocenters. The Labute approximate surface area is 177 Å². The zero-order valence-electron chi connectivity index (χ0n) is 17.5. The van der Waals surface area contributed by atoms with Gasteiger partial charge >= 0.3 is 6.18 Å². The SMILES string of the molecule is Cc1ccc(CCCCc2ccc(C3CCC(C=C(F)C(F)(F)F)CC3)cc2)cc1. The maximum Gasteiger partial charge on any atom is 0.442 e. The molecule has 2 aromatic rings. The Morgan fingerprint density at radius 1 is 0.833 bits per heavy atom. The predicted octanol–water partition coefficient (Wildman–Crippen LogP) is 8.25. The van der Waals surface area contributed by atoms with Crippen molar-refractivity contribution < 1.29 is 17.6 Å². The van der Waals surface area contributed by atoms with E-state index >= 15 is 0 Å². The number of alkyl halides is 3. The van der Waals surface area contributed by atoms with Crippen LogP contribution in [0.1, 0.15) is 66.7 Å². The Hall–Kier alpha value is -2.10. The van der Waals surface area contributed by atoms with Gasteiger partial charge in [0.05, 0.1) is 0 Å². The minimum Gasteiger partial charge on any atom is -0.202 e. The number of hydrogen-bond donors (Lipinski definition) is 0. The van der Waals surface area contributed by atoms with Crippen LogP contribution < -0.4 is 0 Å². The van der Waals surface area contributed by atoms with Gasteiger partial charge in [-0.2, -0.15) is 13.2 Å². The maximum atomic E-state index is 13.1. The van der Waals surface area contributed by atoms with Crippen LogP contribution >= 0.6 is 0 Å². The fraction of sp³-hybridized carbons (Fsp3) is 0.462. The van der Waals surface area contributed by atoms with Crippen LogP contribution in [0.15, 0.2) is 60.4 Å². The predicted molar refractivity (Wildman–Crippen MR) is 114 cm³/mol. The van der Waals surface area contributed by atoms with Crippen LogP contribution in [0.3, 0.4) is 0 Å². The monoisotopic (exact) mass is 418 g/mol. The number of hydrogen-bond acceptors (Lipinski definition) is 0. The van der Waals surface area contributed by atoms with Crippen LogP contribution in [0.25, 0.3) is 0 Å². The smallest absolute Gasteiger partial charge is 0.202 e. The summed E-state index contributed by atoms with van der Waals surface area (Å²) in [5.74, 6) is -1.90. The second-order valence-electron chi connectivity index (χ2n) is 8.56. The molecule has 0 heterocycles. The summed E-state index contributed by atoms with van der Waals surface area (Å²) in [5.41, 5.74) is 5.25. The summed E-state index contributed by atoms with van der Waals surface area (Å²) in [6.45, 7) is 2.10. The van der Waals surface area contributed by atoms with E-state index in [0.717, 1.165) is 44.6 Å². The first-order valence-electron chi connectivity index (χ1n) is 10.9. The zero-order valence-corrected chi connectivity index (χ0v) is 17.5. The summed E-state index contributed by atoms with van der Waals surface area (Å²) in [6, 6.07) is 17.4. The first-order valence-corrected chi connectivity index (χ1v) is 10.9. The van der Waals surface area contributed by atoms with E-state index in [-0.39, 0.29) is 5.92 Å². The molecular formula is C26H30F4. The molecule has 3 rings (SSSR count). The molecule has 30 heavy (non-hydrogen) atoms. The molecule has 4 heteroatoms. The largest absolute Gasteiger partial charge is 0.442 e. The van der Waals surface area contributed by atoms with Gasteiger partial charge in [0.15, 0.2) is 5.83 Å². The fourth-order valence-corrected chi connectivity index (χ4v) is 4.29. The minimum atomic E-state index is -4.85. The summed E-state index contributed by atoms with van der Waals surface area (Å²) in [5, 5.41) is 0. The van der Waals surface area contributed by atoms with E-state index in [1.54, 1.807) is 0 Å². The highest BCUT2D eigenvalue weighted by atomic mass is 19.4. The number of aryl methyl sites for hydroxylation is 3. The van der Waals surface area contributed by atoms with Crippen LogP contribution in [-0.4, -0.2) is 6.18 Å². The Morgan fingerprint density at radius 2 is 1.33 bits per heavy atom. The highest BCUT2D eigenvalue weighted by Crippen LogP contribution is 2.38. The Balaban J connectivity index is 1.42. The molecule has 0 aromatic heterocycles. The van der Waals surface area contributed by atoms with Crippen LogP contribution in [0, 0.1) is 12.8 Å². The van der Waals surface area contributed by atoms with E-state index in [4.69, 9.17) is 0 Å². The molecule has 1 aliphatic carbocycles. The van der Waals surface area contributed by atoms with Crippen LogP contribution in [-0.2, 0) is 12.8 Å². The number of unbranched alkanes of at least 4 members (excludes halogenated alkanes) is 1. The minimum absolute atomic E-state index is 0.310. The number of halogens is 4. The van der Waals surface area contributed by atoms with Crippen LogP contribution in [0.5, 0.6) is 0 Å². The lowest BCUT2D eigenvalue weighted by Crippen LogP contribution is -2.15. The van der Waals surface area contributed by atoms with Crippen molar-refractivity contribution in [2.24, 2.45) is 5.92 Å².